The molecule has 1 aromatic heterocycles. The number of carbonyl (C=O) groups is 2. The van der Waals surface area contributed by atoms with Gasteiger partial charge >= 0.3 is 6.09 Å². The summed E-state index contributed by atoms with van der Waals surface area (Å²) in [6.45, 7) is 10.6. The van der Waals surface area contributed by atoms with Crippen LogP contribution in [0.5, 0.6) is 0 Å². The highest BCUT2D eigenvalue weighted by molar-refractivity contribution is 5.85. The summed E-state index contributed by atoms with van der Waals surface area (Å²) in [7, 11) is 1.28. The minimum Gasteiger partial charge on any atom is -0.453 e. The highest BCUT2D eigenvalue weighted by atomic mass is 16.5. The van der Waals surface area contributed by atoms with Crippen molar-refractivity contribution in [3.8, 4) is 23.6 Å². The van der Waals surface area contributed by atoms with Crippen molar-refractivity contribution in [2.75, 3.05) is 13.7 Å². The van der Waals surface area contributed by atoms with E-state index in [2.05, 4.69) is 25.9 Å². The van der Waals surface area contributed by atoms with Crippen molar-refractivity contribution in [2.24, 2.45) is 5.92 Å². The molecule has 7 heteroatoms. The molecule has 33 heavy (non-hydrogen) atoms. The SMILES string of the molecule is C.C.C#Cc1ccc(-c2cnc(CN(CCC)C(=O)[C@@H](NC(=O)OC)C(C)C)[nH]2)cc1.CC.[HH].[HH]. The number of rotatable bonds is 8. The fraction of sp³-hybridized carbons (Fsp3) is 0.500. The maximum absolute atomic E-state index is 13.1. The second-order valence-corrected chi connectivity index (χ2v) is 7.08. The third-order valence-electron chi connectivity index (χ3n) is 4.53. The molecule has 1 atom stereocenters. The Kier molecular flexibility index (Phi) is 15.8. The molecule has 1 heterocycles. The summed E-state index contributed by atoms with van der Waals surface area (Å²) in [5, 5.41) is 2.63. The van der Waals surface area contributed by atoms with E-state index in [9.17, 15) is 9.59 Å². The average molecular weight is 463 g/mol. The van der Waals surface area contributed by atoms with Gasteiger partial charge in [-0.2, -0.15) is 0 Å². The minimum absolute atomic E-state index is 0. The number of carbonyl (C=O) groups excluding carboxylic acids is 2. The van der Waals surface area contributed by atoms with Crippen molar-refractivity contribution in [2.45, 2.75) is 68.5 Å². The normalized spacial score (nSPS) is 10.4. The van der Waals surface area contributed by atoms with E-state index in [-0.39, 0.29) is 29.5 Å². The highest BCUT2D eigenvalue weighted by Crippen LogP contribution is 2.18. The Bertz CT molecular complexity index is 877. The zero-order valence-electron chi connectivity index (χ0n) is 19.4. The van der Waals surface area contributed by atoms with Gasteiger partial charge in [0.2, 0.25) is 5.91 Å². The van der Waals surface area contributed by atoms with Crippen molar-refractivity contribution in [3.63, 3.8) is 0 Å². The van der Waals surface area contributed by atoms with Gasteiger partial charge in [0, 0.05) is 15.0 Å². The third kappa shape index (κ3) is 9.40. The number of hydrogen-bond donors (Lipinski definition) is 2. The Hall–Kier alpha value is -3.27. The van der Waals surface area contributed by atoms with Crippen molar-refractivity contribution >= 4 is 12.0 Å². The molecule has 0 saturated heterocycles. The summed E-state index contributed by atoms with van der Waals surface area (Å²) >= 11 is 0. The molecule has 0 radical (unpaired) electrons. The van der Waals surface area contributed by atoms with Crippen LogP contribution in [0.3, 0.4) is 0 Å². The first-order valence-electron chi connectivity index (χ1n) is 10.6. The maximum Gasteiger partial charge on any atom is 0.407 e. The van der Waals surface area contributed by atoms with Crippen LogP contribution in [0.1, 0.15) is 70.1 Å². The van der Waals surface area contributed by atoms with Gasteiger partial charge in [0.1, 0.15) is 11.9 Å². The zero-order chi connectivity index (χ0) is 23.4. The van der Waals surface area contributed by atoms with Gasteiger partial charge in [0.25, 0.3) is 0 Å². The summed E-state index contributed by atoms with van der Waals surface area (Å²) in [6.07, 6.45) is 7.30. The molecule has 0 fully saturated rings. The molecular formula is C26H46N4O3. The second-order valence-electron chi connectivity index (χ2n) is 7.08. The third-order valence-corrected chi connectivity index (χ3v) is 4.53. The van der Waals surface area contributed by atoms with Crippen LogP contribution in [0.2, 0.25) is 0 Å². The van der Waals surface area contributed by atoms with Crippen LogP contribution in [0.25, 0.3) is 11.3 Å². The number of aromatic nitrogens is 2. The van der Waals surface area contributed by atoms with Crippen LogP contribution >= 0.6 is 0 Å². The van der Waals surface area contributed by atoms with Crippen LogP contribution in [0, 0.1) is 18.3 Å². The maximum atomic E-state index is 13.1. The molecule has 0 saturated carbocycles. The largest absolute Gasteiger partial charge is 0.453 e. The van der Waals surface area contributed by atoms with E-state index in [1.54, 1.807) is 11.1 Å². The molecule has 0 spiro atoms. The number of methoxy groups -OCH3 is 1. The lowest BCUT2D eigenvalue weighted by Gasteiger charge is -2.28. The zero-order valence-corrected chi connectivity index (χ0v) is 19.4. The Morgan fingerprint density at radius 3 is 2.33 bits per heavy atom. The number of nitrogens with one attached hydrogen (secondary N) is 2. The first-order chi connectivity index (χ1) is 14.9. The Morgan fingerprint density at radius 2 is 1.85 bits per heavy atom. The number of H-pyrrole nitrogens is 1. The molecule has 0 bridgehead atoms. The number of alkyl carbamates (subject to hydrolysis) is 1. The Balaban J connectivity index is -0.000000780. The van der Waals surface area contributed by atoms with Gasteiger partial charge in [-0.15, -0.1) is 6.42 Å². The monoisotopic (exact) mass is 462 g/mol. The summed E-state index contributed by atoms with van der Waals surface area (Å²) in [4.78, 5) is 34.1. The molecule has 0 aliphatic carbocycles. The van der Waals surface area contributed by atoms with Crippen LogP contribution < -0.4 is 5.32 Å². The summed E-state index contributed by atoms with van der Waals surface area (Å²) < 4.78 is 4.66. The fourth-order valence-corrected chi connectivity index (χ4v) is 2.95. The quantitative estimate of drug-likeness (QED) is 0.473. The van der Waals surface area contributed by atoms with E-state index < -0.39 is 12.1 Å². The second kappa shape index (κ2) is 16.4. The number of terminal acetylenes is 1. The molecule has 188 valence electrons. The van der Waals surface area contributed by atoms with Gasteiger partial charge in [-0.1, -0.05) is 67.5 Å². The van der Waals surface area contributed by atoms with E-state index in [4.69, 9.17) is 6.42 Å². The summed E-state index contributed by atoms with van der Waals surface area (Å²) in [5.74, 6) is 3.02. The van der Waals surface area contributed by atoms with Crippen molar-refractivity contribution < 1.29 is 17.2 Å². The number of amides is 2. The average Bonchev–Trinajstić information content (AvgIpc) is 3.26. The van der Waals surface area contributed by atoms with Gasteiger partial charge in [0.15, 0.2) is 0 Å². The van der Waals surface area contributed by atoms with Crippen LogP contribution in [0.4, 0.5) is 4.79 Å². The lowest BCUT2D eigenvalue weighted by Crippen LogP contribution is -2.51. The molecule has 2 amide bonds. The minimum atomic E-state index is -0.667. The molecule has 0 unspecified atom stereocenters. The molecule has 0 aliphatic rings. The van der Waals surface area contributed by atoms with Gasteiger partial charge in [-0.25, -0.2) is 9.78 Å². The van der Waals surface area contributed by atoms with E-state index in [0.29, 0.717) is 18.9 Å². The van der Waals surface area contributed by atoms with E-state index in [0.717, 1.165) is 23.2 Å². The first kappa shape index (κ1) is 31.9. The predicted octanol–water partition coefficient (Wildman–Crippen LogP) is 5.97. The van der Waals surface area contributed by atoms with Crippen LogP contribution in [-0.2, 0) is 16.1 Å². The lowest BCUT2D eigenvalue weighted by atomic mass is 10.0. The fourth-order valence-electron chi connectivity index (χ4n) is 2.95. The topological polar surface area (TPSA) is 87.3 Å². The van der Waals surface area contributed by atoms with Crippen LogP contribution in [-0.4, -0.2) is 46.6 Å². The first-order valence-corrected chi connectivity index (χ1v) is 10.6. The Labute approximate surface area is 203 Å². The van der Waals surface area contributed by atoms with Crippen molar-refractivity contribution in [1.29, 1.82) is 0 Å². The van der Waals surface area contributed by atoms with E-state index in [1.807, 2.05) is 58.9 Å². The van der Waals surface area contributed by atoms with Gasteiger partial charge < -0.3 is 19.9 Å². The van der Waals surface area contributed by atoms with Gasteiger partial charge in [-0.3, -0.25) is 4.79 Å². The summed E-state index contributed by atoms with van der Waals surface area (Å²) in [5.41, 5.74) is 2.62. The molecule has 0 aliphatic heterocycles. The summed E-state index contributed by atoms with van der Waals surface area (Å²) in [6, 6.07) is 6.93. The van der Waals surface area contributed by atoms with Crippen molar-refractivity contribution in [1.82, 2.24) is 20.2 Å². The molecule has 7 nitrogen and oxygen atoms in total. The van der Waals surface area contributed by atoms with Crippen molar-refractivity contribution in [3.05, 3.63) is 41.9 Å². The predicted molar refractivity (Wildman–Crippen MR) is 141 cm³/mol. The smallest absolute Gasteiger partial charge is 0.407 e. The molecular weight excluding hydrogens is 416 g/mol. The lowest BCUT2D eigenvalue weighted by molar-refractivity contribution is -0.135. The van der Waals surface area contributed by atoms with E-state index >= 15 is 0 Å². The van der Waals surface area contributed by atoms with Gasteiger partial charge in [0.05, 0.1) is 25.5 Å². The molecule has 2 aromatic rings. The van der Waals surface area contributed by atoms with Gasteiger partial charge in [-0.05, 0) is 30.0 Å². The molecule has 1 aromatic carbocycles. The number of hydrogen-bond acceptors (Lipinski definition) is 4. The number of nitrogens with zero attached hydrogens (tertiary/aromatic N) is 2. The Morgan fingerprint density at radius 1 is 1.24 bits per heavy atom. The standard InChI is InChI=1S/C22H28N4O3.C2H6.2CH4.2H2/c1-6-12-26(21(27)20(15(3)4)25-22(28)29-5)14-19-23-13-18(24-19)17-10-8-16(7-2)9-11-17;1-2;;;;/h2,8-11,13,15,20H,6,12,14H2,1,3-5H3,(H,23,24)(H,25,28);1-2H3;2*1H4;2*1H/t20-;;;;;/m0...../s1. The number of benzene rings is 1. The highest BCUT2D eigenvalue weighted by Gasteiger charge is 2.29. The number of aromatic amines is 1. The molecule has 2 rings (SSSR count). The van der Waals surface area contributed by atoms with Crippen LogP contribution in [0.15, 0.2) is 30.5 Å². The van der Waals surface area contributed by atoms with E-state index in [1.165, 1.54) is 7.11 Å². The number of ether oxygens (including phenoxy) is 1. The molecule has 2 N–H and O–H groups in total. The number of imidazole rings is 1.